The average Bonchev–Trinajstić information content (AvgIpc) is 2.71. The number of methoxy groups -OCH3 is 1. The van der Waals surface area contributed by atoms with Crippen LogP contribution in [0.2, 0.25) is 5.02 Å². The third kappa shape index (κ3) is 5.85. The summed E-state index contributed by atoms with van der Waals surface area (Å²) in [7, 11) is 1.49. The number of nitrogens with one attached hydrogen (secondary N) is 1. The lowest BCUT2D eigenvalue weighted by molar-refractivity contribution is -0.185. The number of hydrogen-bond acceptors (Lipinski definition) is 6. The van der Waals surface area contributed by atoms with Crippen LogP contribution in [0.3, 0.4) is 0 Å². The van der Waals surface area contributed by atoms with Crippen molar-refractivity contribution in [1.82, 2.24) is 10.2 Å². The van der Waals surface area contributed by atoms with Gasteiger partial charge in [-0.05, 0) is 44.5 Å². The molecule has 3 rings (SSSR count). The Bertz CT molecular complexity index is 734. The molecule has 30 heavy (non-hydrogen) atoms. The van der Waals surface area contributed by atoms with E-state index in [0.29, 0.717) is 29.4 Å². The summed E-state index contributed by atoms with van der Waals surface area (Å²) < 4.78 is 11.5. The summed E-state index contributed by atoms with van der Waals surface area (Å²) in [5, 5.41) is 21.4. The second kappa shape index (κ2) is 10.4. The van der Waals surface area contributed by atoms with Crippen LogP contribution in [0.25, 0.3) is 0 Å². The van der Waals surface area contributed by atoms with Crippen molar-refractivity contribution in [2.75, 3.05) is 33.4 Å². The van der Waals surface area contributed by atoms with Crippen molar-refractivity contribution in [3.63, 3.8) is 0 Å². The van der Waals surface area contributed by atoms with Gasteiger partial charge in [-0.2, -0.15) is 0 Å². The molecule has 1 aromatic rings. The summed E-state index contributed by atoms with van der Waals surface area (Å²) in [6.07, 6.45) is 2.32. The van der Waals surface area contributed by atoms with Crippen LogP contribution in [-0.2, 0) is 9.53 Å². The molecule has 1 spiro atoms. The third-order valence-electron chi connectivity index (χ3n) is 5.91. The number of piperidine rings is 1. The van der Waals surface area contributed by atoms with Crippen LogP contribution >= 0.6 is 11.6 Å². The van der Waals surface area contributed by atoms with Gasteiger partial charge in [-0.3, -0.25) is 9.59 Å². The van der Waals surface area contributed by atoms with Crippen LogP contribution in [0.15, 0.2) is 18.2 Å². The van der Waals surface area contributed by atoms with Gasteiger partial charge in [0.25, 0.3) is 12.4 Å². The first-order valence-electron chi connectivity index (χ1n) is 10.0. The Hall–Kier alpha value is -1.87. The number of halogens is 1. The maximum Gasteiger partial charge on any atom is 0.290 e. The van der Waals surface area contributed by atoms with Gasteiger partial charge < -0.3 is 29.9 Å². The van der Waals surface area contributed by atoms with Gasteiger partial charge in [0.1, 0.15) is 5.75 Å². The van der Waals surface area contributed by atoms with Crippen LogP contribution in [0.1, 0.15) is 43.5 Å². The molecule has 0 unspecified atom stereocenters. The quantitative estimate of drug-likeness (QED) is 0.613. The lowest BCUT2D eigenvalue weighted by Crippen LogP contribution is -2.63. The Kier molecular flexibility index (Phi) is 8.49. The Morgan fingerprint density at radius 2 is 2.07 bits per heavy atom. The zero-order valence-corrected chi connectivity index (χ0v) is 18.4. The first kappa shape index (κ1) is 24.4. The minimum Gasteiger partial charge on any atom is -0.496 e. The number of benzene rings is 1. The largest absolute Gasteiger partial charge is 0.496 e. The lowest BCUT2D eigenvalue weighted by Gasteiger charge is -2.51. The number of carboxylic acid groups (broad SMARTS) is 1. The Morgan fingerprint density at radius 1 is 1.43 bits per heavy atom. The monoisotopic (exact) mass is 442 g/mol. The van der Waals surface area contributed by atoms with E-state index in [1.165, 1.54) is 7.11 Å². The molecule has 0 saturated carbocycles. The molecular weight excluding hydrogens is 412 g/mol. The molecule has 168 valence electrons. The molecule has 0 radical (unpaired) electrons. The van der Waals surface area contributed by atoms with Crippen LogP contribution < -0.4 is 10.1 Å². The predicted molar refractivity (Wildman–Crippen MR) is 113 cm³/mol. The highest BCUT2D eigenvalue weighted by Gasteiger charge is 2.49. The van der Waals surface area contributed by atoms with Crippen LogP contribution in [0, 0.1) is 0 Å². The molecule has 1 amide bonds. The smallest absolute Gasteiger partial charge is 0.290 e. The molecule has 1 aromatic carbocycles. The second-order valence-electron chi connectivity index (χ2n) is 7.94. The molecule has 3 N–H and O–H groups in total. The van der Waals surface area contributed by atoms with Gasteiger partial charge in [0, 0.05) is 24.5 Å². The molecule has 2 fully saturated rings. The van der Waals surface area contributed by atoms with E-state index in [0.717, 1.165) is 32.5 Å². The summed E-state index contributed by atoms with van der Waals surface area (Å²) >= 11 is 5.97. The molecule has 2 aliphatic rings. The summed E-state index contributed by atoms with van der Waals surface area (Å²) in [6.45, 7) is 6.98. The average molecular weight is 443 g/mol. The molecule has 0 aromatic heterocycles. The fourth-order valence-electron chi connectivity index (χ4n) is 4.15. The SMILES string of the molecule is CCN1CCC2(CC1)C[C@](C)(O)[C@@H](NC(=O)c1ccc(Cl)cc1OC)CO2.O=CO. The fraction of sp³-hybridized carbons (Fsp3) is 0.619. The number of aliphatic hydroxyl groups is 1. The lowest BCUT2D eigenvalue weighted by atomic mass is 9.75. The standard InChI is InChI=1S/C20H29ClN2O4.CH2O2/c1-4-23-9-7-20(8-10-23)13-19(2,25)17(12-27-20)22-18(24)15-6-5-14(21)11-16(15)26-3;2-1-3/h5-6,11,17,25H,4,7-10,12-13H2,1-3H3,(H,22,24);1H,(H,2,3)/t17-,19-;/m0./s1. The summed E-state index contributed by atoms with van der Waals surface area (Å²) in [5.41, 5.74) is -0.953. The van der Waals surface area contributed by atoms with Gasteiger partial charge in [0.05, 0.1) is 36.5 Å². The molecule has 2 saturated heterocycles. The molecule has 0 bridgehead atoms. The van der Waals surface area contributed by atoms with Gasteiger partial charge in [0.2, 0.25) is 0 Å². The molecule has 2 heterocycles. The highest BCUT2D eigenvalue weighted by atomic mass is 35.5. The van der Waals surface area contributed by atoms with Crippen LogP contribution in [0.5, 0.6) is 5.75 Å². The topological polar surface area (TPSA) is 108 Å². The Morgan fingerprint density at radius 3 is 2.60 bits per heavy atom. The van der Waals surface area contributed by atoms with E-state index in [-0.39, 0.29) is 18.0 Å². The van der Waals surface area contributed by atoms with Crippen molar-refractivity contribution in [3.8, 4) is 5.75 Å². The first-order valence-corrected chi connectivity index (χ1v) is 10.4. The number of hydrogen-bond donors (Lipinski definition) is 3. The van der Waals surface area contributed by atoms with E-state index in [9.17, 15) is 9.90 Å². The van der Waals surface area contributed by atoms with Gasteiger partial charge in [-0.25, -0.2) is 0 Å². The van der Waals surface area contributed by atoms with Crippen molar-refractivity contribution < 1.29 is 29.3 Å². The van der Waals surface area contributed by atoms with E-state index in [1.54, 1.807) is 25.1 Å². The molecule has 8 nitrogen and oxygen atoms in total. The van der Waals surface area contributed by atoms with Crippen molar-refractivity contribution in [2.45, 2.75) is 50.4 Å². The molecule has 2 atom stereocenters. The minimum absolute atomic E-state index is 0.250. The van der Waals surface area contributed by atoms with Crippen molar-refractivity contribution in [3.05, 3.63) is 28.8 Å². The van der Waals surface area contributed by atoms with Gasteiger partial charge in [0.15, 0.2) is 0 Å². The van der Waals surface area contributed by atoms with E-state index in [1.807, 2.05) is 0 Å². The normalized spacial score (nSPS) is 25.7. The highest BCUT2D eigenvalue weighted by Crippen LogP contribution is 2.39. The number of carbonyl (C=O) groups is 2. The number of carbonyl (C=O) groups excluding carboxylic acids is 1. The molecule has 2 aliphatic heterocycles. The van der Waals surface area contributed by atoms with Crippen LogP contribution in [0.4, 0.5) is 0 Å². The van der Waals surface area contributed by atoms with Crippen molar-refractivity contribution in [1.29, 1.82) is 0 Å². The van der Waals surface area contributed by atoms with Gasteiger partial charge >= 0.3 is 0 Å². The number of ether oxygens (including phenoxy) is 2. The molecule has 9 heteroatoms. The van der Waals surface area contributed by atoms with E-state index >= 15 is 0 Å². The summed E-state index contributed by atoms with van der Waals surface area (Å²) in [6, 6.07) is 4.38. The first-order chi connectivity index (χ1) is 14.2. The van der Waals surface area contributed by atoms with Crippen molar-refractivity contribution in [2.24, 2.45) is 0 Å². The van der Waals surface area contributed by atoms with E-state index < -0.39 is 11.6 Å². The maximum atomic E-state index is 12.7. The number of amides is 1. The highest BCUT2D eigenvalue weighted by molar-refractivity contribution is 6.30. The van der Waals surface area contributed by atoms with Crippen molar-refractivity contribution >= 4 is 24.0 Å². The fourth-order valence-corrected chi connectivity index (χ4v) is 4.31. The van der Waals surface area contributed by atoms with E-state index in [4.69, 9.17) is 31.0 Å². The van der Waals surface area contributed by atoms with Crippen LogP contribution in [-0.4, -0.2) is 78.1 Å². The van der Waals surface area contributed by atoms with Gasteiger partial charge in [-0.15, -0.1) is 0 Å². The zero-order chi connectivity index (χ0) is 22.4. The molecule has 0 aliphatic carbocycles. The van der Waals surface area contributed by atoms with E-state index in [2.05, 4.69) is 17.1 Å². The predicted octanol–water partition coefficient (Wildman–Crippen LogP) is 2.17. The summed E-state index contributed by atoms with van der Waals surface area (Å²) in [4.78, 5) is 23.5. The number of nitrogens with zero attached hydrogens (tertiary/aromatic N) is 1. The summed E-state index contributed by atoms with van der Waals surface area (Å²) in [5.74, 6) is 0.0916. The maximum absolute atomic E-state index is 12.7. The molecular formula is C21H31ClN2O6. The Labute approximate surface area is 182 Å². The van der Waals surface area contributed by atoms with Gasteiger partial charge in [-0.1, -0.05) is 18.5 Å². The number of likely N-dealkylation sites (tertiary alicyclic amines) is 1. The second-order valence-corrected chi connectivity index (χ2v) is 8.37. The zero-order valence-electron chi connectivity index (χ0n) is 17.7. The minimum atomic E-state index is -1.04. The third-order valence-corrected chi connectivity index (χ3v) is 6.15. The Balaban J connectivity index is 0.00000101. The number of rotatable bonds is 4.